The van der Waals surface area contributed by atoms with Gasteiger partial charge in [0.25, 0.3) is 7.44 Å². The Labute approximate surface area is 176 Å². The van der Waals surface area contributed by atoms with E-state index in [2.05, 4.69) is 16.3 Å². The SMILES string of the molecule is Cc1ccc(N[P@]2(=O)c3c(C)nn(CCC#N)c3N=C(c3ccccc3)N2C)cc1. The van der Waals surface area contributed by atoms with Crippen molar-refractivity contribution in [3.05, 3.63) is 71.4 Å². The number of nitrogens with one attached hydrogen (secondary N) is 1. The second-order valence-electron chi connectivity index (χ2n) is 7.27. The monoisotopic (exact) mass is 418 g/mol. The first-order valence-electron chi connectivity index (χ1n) is 9.72. The summed E-state index contributed by atoms with van der Waals surface area (Å²) in [7, 11) is -1.52. The molecule has 0 aliphatic carbocycles. The molecule has 3 aromatic rings. The minimum atomic E-state index is -3.32. The molecular formula is C22H23N6OP. The van der Waals surface area contributed by atoms with Crippen molar-refractivity contribution in [3.8, 4) is 6.07 Å². The van der Waals surface area contributed by atoms with Gasteiger partial charge in [-0.3, -0.25) is 9.24 Å². The molecule has 0 radical (unpaired) electrons. The lowest BCUT2D eigenvalue weighted by Crippen LogP contribution is -2.36. The average molecular weight is 418 g/mol. The van der Waals surface area contributed by atoms with Crippen molar-refractivity contribution in [2.45, 2.75) is 26.8 Å². The molecule has 0 bridgehead atoms. The number of fused-ring (bicyclic) bond motifs is 1. The van der Waals surface area contributed by atoms with Gasteiger partial charge in [-0.25, -0.2) is 9.67 Å². The van der Waals surface area contributed by atoms with Gasteiger partial charge in [-0.2, -0.15) is 10.4 Å². The Balaban J connectivity index is 1.90. The van der Waals surface area contributed by atoms with Crippen LogP contribution >= 0.6 is 7.44 Å². The fourth-order valence-electron chi connectivity index (χ4n) is 3.57. The lowest BCUT2D eigenvalue weighted by molar-refractivity contribution is 0.553. The minimum absolute atomic E-state index is 0.301. The number of amidine groups is 1. The average Bonchev–Trinajstić information content (AvgIpc) is 3.07. The van der Waals surface area contributed by atoms with Gasteiger partial charge in [0.15, 0.2) is 5.82 Å². The Morgan fingerprint density at radius 1 is 1.10 bits per heavy atom. The zero-order chi connectivity index (χ0) is 21.3. The summed E-state index contributed by atoms with van der Waals surface area (Å²) in [5, 5.41) is 17.5. The summed E-state index contributed by atoms with van der Waals surface area (Å²) in [5.74, 6) is 1.15. The molecule has 1 atom stereocenters. The van der Waals surface area contributed by atoms with Crippen LogP contribution in [0, 0.1) is 25.2 Å². The summed E-state index contributed by atoms with van der Waals surface area (Å²) < 4.78 is 18.0. The van der Waals surface area contributed by atoms with E-state index in [4.69, 9.17) is 10.3 Å². The number of benzene rings is 2. The van der Waals surface area contributed by atoms with Crippen LogP contribution in [0.15, 0.2) is 59.6 Å². The van der Waals surface area contributed by atoms with Crippen molar-refractivity contribution in [3.63, 3.8) is 0 Å². The number of hydrogen-bond acceptors (Lipinski definition) is 4. The maximum atomic E-state index is 14.5. The second-order valence-corrected chi connectivity index (χ2v) is 9.69. The number of aryl methyl sites for hydroxylation is 3. The Morgan fingerprint density at radius 2 is 1.80 bits per heavy atom. The molecule has 0 spiro atoms. The number of hydrogen-bond donors (Lipinski definition) is 1. The Kier molecular flexibility index (Phi) is 5.19. The molecular weight excluding hydrogens is 395 g/mol. The summed E-state index contributed by atoms with van der Waals surface area (Å²) in [6.45, 7) is 4.24. The molecule has 1 aliphatic rings. The Hall–Kier alpha value is -3.36. The molecule has 30 heavy (non-hydrogen) atoms. The number of nitrogens with zero attached hydrogens (tertiary/aromatic N) is 5. The molecule has 7 nitrogen and oxygen atoms in total. The molecule has 1 aromatic heterocycles. The molecule has 0 unspecified atom stereocenters. The van der Waals surface area contributed by atoms with Crippen molar-refractivity contribution < 1.29 is 4.57 Å². The highest BCUT2D eigenvalue weighted by Gasteiger charge is 2.43. The Morgan fingerprint density at radius 3 is 2.47 bits per heavy atom. The van der Waals surface area contributed by atoms with Crippen LogP contribution in [0.5, 0.6) is 0 Å². The van der Waals surface area contributed by atoms with E-state index in [0.717, 1.165) is 16.8 Å². The third-order valence-electron chi connectivity index (χ3n) is 5.11. The summed E-state index contributed by atoms with van der Waals surface area (Å²) in [6.07, 6.45) is 0.301. The van der Waals surface area contributed by atoms with Gasteiger partial charge < -0.3 is 5.09 Å². The first kappa shape index (κ1) is 19.9. The molecule has 0 amide bonds. The van der Waals surface area contributed by atoms with E-state index in [-0.39, 0.29) is 0 Å². The number of rotatable bonds is 5. The van der Waals surface area contributed by atoms with Gasteiger partial charge in [0.1, 0.15) is 11.1 Å². The molecule has 1 N–H and O–H groups in total. The van der Waals surface area contributed by atoms with Gasteiger partial charge in [0.05, 0.1) is 24.7 Å². The van der Waals surface area contributed by atoms with E-state index < -0.39 is 7.44 Å². The lowest BCUT2D eigenvalue weighted by atomic mass is 10.2. The number of aliphatic imine (C=N–C) groups is 1. The van der Waals surface area contributed by atoms with E-state index >= 15 is 0 Å². The van der Waals surface area contributed by atoms with Gasteiger partial charge in [-0.1, -0.05) is 48.0 Å². The largest absolute Gasteiger partial charge is 0.317 e. The number of anilines is 1. The third-order valence-corrected chi connectivity index (χ3v) is 7.84. The smallest absolute Gasteiger partial charge is 0.296 e. The number of nitriles is 1. The first-order chi connectivity index (χ1) is 14.4. The quantitative estimate of drug-likeness (QED) is 0.622. The zero-order valence-corrected chi connectivity index (χ0v) is 18.1. The summed E-state index contributed by atoms with van der Waals surface area (Å²) >= 11 is 0. The minimum Gasteiger partial charge on any atom is -0.317 e. The van der Waals surface area contributed by atoms with E-state index in [1.54, 1.807) is 16.4 Å². The van der Waals surface area contributed by atoms with Crippen LogP contribution in [-0.2, 0) is 11.1 Å². The number of aromatic nitrogens is 2. The van der Waals surface area contributed by atoms with Crippen LogP contribution in [0.4, 0.5) is 11.5 Å². The lowest BCUT2D eigenvalue weighted by Gasteiger charge is -2.35. The van der Waals surface area contributed by atoms with Gasteiger partial charge in [-0.15, -0.1) is 0 Å². The molecule has 2 aromatic carbocycles. The van der Waals surface area contributed by atoms with Gasteiger partial charge in [-0.05, 0) is 26.0 Å². The molecule has 8 heteroatoms. The topological polar surface area (TPSA) is 86.3 Å². The highest BCUT2D eigenvalue weighted by molar-refractivity contribution is 7.72. The van der Waals surface area contributed by atoms with E-state index in [1.807, 2.05) is 68.4 Å². The fraction of sp³-hybridized carbons (Fsp3) is 0.227. The fourth-order valence-corrected chi connectivity index (χ4v) is 5.97. The molecule has 0 fully saturated rings. The summed E-state index contributed by atoms with van der Waals surface area (Å²) in [6, 6.07) is 19.6. The second kappa shape index (κ2) is 7.81. The van der Waals surface area contributed by atoms with Crippen LogP contribution in [-0.4, -0.2) is 27.3 Å². The van der Waals surface area contributed by atoms with Gasteiger partial charge >= 0.3 is 0 Å². The standard InChI is InChI=1S/C22H23N6OP/c1-16-10-12-19(13-11-16)26-30(29)20-17(2)25-28(15-7-14-23)22(20)24-21(27(30)3)18-8-5-4-6-9-18/h4-6,8-13H,7,15H2,1-3H3,(H,26,29)/t30-/m1/s1. The van der Waals surface area contributed by atoms with E-state index in [9.17, 15) is 4.57 Å². The van der Waals surface area contributed by atoms with Crippen LogP contribution in [0.1, 0.15) is 23.2 Å². The third kappa shape index (κ3) is 3.40. The molecule has 1 aliphatic heterocycles. The summed E-state index contributed by atoms with van der Waals surface area (Å²) in [4.78, 5) is 4.84. The van der Waals surface area contributed by atoms with Crippen molar-refractivity contribution in [1.82, 2.24) is 14.5 Å². The molecule has 152 valence electrons. The Bertz CT molecular complexity index is 1190. The van der Waals surface area contributed by atoms with Crippen molar-refractivity contribution >= 4 is 30.1 Å². The highest BCUT2D eigenvalue weighted by Crippen LogP contribution is 2.53. The van der Waals surface area contributed by atoms with Crippen molar-refractivity contribution in [2.24, 2.45) is 4.99 Å². The normalized spacial score (nSPS) is 17.8. The maximum absolute atomic E-state index is 14.5. The first-order valence-corrected chi connectivity index (χ1v) is 11.4. The summed E-state index contributed by atoms with van der Waals surface area (Å²) in [5.41, 5.74) is 3.40. The van der Waals surface area contributed by atoms with Crippen LogP contribution < -0.4 is 10.4 Å². The van der Waals surface area contributed by atoms with Gasteiger partial charge in [0, 0.05) is 18.3 Å². The molecule has 0 saturated carbocycles. The molecule has 4 rings (SSSR count). The molecule has 0 saturated heterocycles. The molecule has 2 heterocycles. The van der Waals surface area contributed by atoms with Gasteiger partial charge in [0.2, 0.25) is 0 Å². The van der Waals surface area contributed by atoms with E-state index in [1.165, 1.54) is 0 Å². The highest BCUT2D eigenvalue weighted by atomic mass is 31.2. The predicted molar refractivity (Wildman–Crippen MR) is 120 cm³/mol. The predicted octanol–water partition coefficient (Wildman–Crippen LogP) is 4.37. The van der Waals surface area contributed by atoms with E-state index in [0.29, 0.717) is 35.6 Å². The zero-order valence-electron chi connectivity index (χ0n) is 17.2. The van der Waals surface area contributed by atoms with Crippen molar-refractivity contribution in [1.29, 1.82) is 5.26 Å². The van der Waals surface area contributed by atoms with Crippen LogP contribution in [0.25, 0.3) is 0 Å². The van der Waals surface area contributed by atoms with Crippen LogP contribution in [0.2, 0.25) is 0 Å². The van der Waals surface area contributed by atoms with Crippen LogP contribution in [0.3, 0.4) is 0 Å². The van der Waals surface area contributed by atoms with Crippen molar-refractivity contribution in [2.75, 3.05) is 12.1 Å². The maximum Gasteiger partial charge on any atom is 0.296 e.